The molecule has 2 saturated carbocycles. The summed E-state index contributed by atoms with van der Waals surface area (Å²) < 4.78 is 5.39. The lowest BCUT2D eigenvalue weighted by molar-refractivity contribution is 0.115. The van der Waals surface area contributed by atoms with Crippen LogP contribution in [0.2, 0.25) is 0 Å². The van der Waals surface area contributed by atoms with Crippen molar-refractivity contribution in [2.75, 3.05) is 20.3 Å². The van der Waals surface area contributed by atoms with E-state index in [-0.39, 0.29) is 0 Å². The minimum atomic E-state index is 0.682. The average Bonchev–Trinajstić information content (AvgIpc) is 3.35. The third-order valence-electron chi connectivity index (χ3n) is 6.39. The fourth-order valence-corrected chi connectivity index (χ4v) is 6.15. The van der Waals surface area contributed by atoms with Crippen LogP contribution in [0, 0.1) is 6.92 Å². The number of aromatic nitrogens is 2. The first-order chi connectivity index (χ1) is 13.2. The first-order valence-electron chi connectivity index (χ1n) is 10.7. The van der Waals surface area contributed by atoms with Gasteiger partial charge in [-0.1, -0.05) is 32.1 Å². The molecule has 0 N–H and O–H groups in total. The molecule has 0 bridgehead atoms. The van der Waals surface area contributed by atoms with Gasteiger partial charge >= 0.3 is 0 Å². The number of hydrogen-bond donors (Lipinski definition) is 0. The predicted molar refractivity (Wildman–Crippen MR) is 113 cm³/mol. The van der Waals surface area contributed by atoms with E-state index in [2.05, 4.69) is 11.0 Å². The van der Waals surface area contributed by atoms with Crippen molar-refractivity contribution >= 4 is 21.6 Å². The molecular weight excluding hydrogens is 354 g/mol. The van der Waals surface area contributed by atoms with Crippen molar-refractivity contribution in [1.82, 2.24) is 14.9 Å². The van der Waals surface area contributed by atoms with Gasteiger partial charge in [0.2, 0.25) is 0 Å². The van der Waals surface area contributed by atoms with E-state index >= 15 is 0 Å². The Bertz CT molecular complexity index is 747. The highest BCUT2D eigenvalue weighted by Crippen LogP contribution is 2.39. The maximum Gasteiger partial charge on any atom is 0.127 e. The van der Waals surface area contributed by atoms with E-state index in [4.69, 9.17) is 14.7 Å². The number of methoxy groups -OCH3 is 1. The van der Waals surface area contributed by atoms with Gasteiger partial charge in [-0.3, -0.25) is 4.90 Å². The molecule has 0 atom stereocenters. The van der Waals surface area contributed by atoms with Gasteiger partial charge in [-0.05, 0) is 44.6 Å². The lowest BCUT2D eigenvalue weighted by Crippen LogP contribution is -2.35. The zero-order valence-electron chi connectivity index (χ0n) is 16.9. The van der Waals surface area contributed by atoms with Crippen molar-refractivity contribution in [3.63, 3.8) is 0 Å². The summed E-state index contributed by atoms with van der Waals surface area (Å²) in [5.74, 6) is 1.65. The van der Waals surface area contributed by atoms with Crippen LogP contribution in [-0.4, -0.2) is 41.2 Å². The molecule has 148 valence electrons. The van der Waals surface area contributed by atoms with Crippen LogP contribution in [-0.2, 0) is 11.3 Å². The number of ether oxygens (including phenoxy) is 1. The van der Waals surface area contributed by atoms with Crippen LogP contribution < -0.4 is 0 Å². The van der Waals surface area contributed by atoms with E-state index in [1.165, 1.54) is 78.6 Å². The molecule has 27 heavy (non-hydrogen) atoms. The number of aryl methyl sites for hydroxylation is 1. The molecule has 0 aromatic carbocycles. The fraction of sp³-hybridized carbons (Fsp3) is 0.727. The summed E-state index contributed by atoms with van der Waals surface area (Å²) in [6.45, 7) is 4.75. The predicted octanol–water partition coefficient (Wildman–Crippen LogP) is 5.44. The van der Waals surface area contributed by atoms with E-state index in [1.807, 2.05) is 18.3 Å². The number of thiophene rings is 1. The van der Waals surface area contributed by atoms with Gasteiger partial charge < -0.3 is 4.74 Å². The highest BCUT2D eigenvalue weighted by Gasteiger charge is 2.25. The Morgan fingerprint density at radius 3 is 2.56 bits per heavy atom. The van der Waals surface area contributed by atoms with E-state index in [1.54, 1.807) is 7.11 Å². The van der Waals surface area contributed by atoms with Crippen LogP contribution in [0.1, 0.15) is 80.1 Å². The molecule has 2 aromatic rings. The Balaban J connectivity index is 1.61. The molecule has 2 aromatic heterocycles. The van der Waals surface area contributed by atoms with Gasteiger partial charge in [-0.2, -0.15) is 0 Å². The van der Waals surface area contributed by atoms with E-state index < -0.39 is 0 Å². The van der Waals surface area contributed by atoms with Gasteiger partial charge in [0, 0.05) is 36.5 Å². The largest absolute Gasteiger partial charge is 0.383 e. The molecule has 4 rings (SSSR count). The first kappa shape index (κ1) is 19.3. The second-order valence-corrected chi connectivity index (χ2v) is 9.38. The van der Waals surface area contributed by atoms with Gasteiger partial charge in [0.15, 0.2) is 0 Å². The molecule has 2 heterocycles. The summed E-state index contributed by atoms with van der Waals surface area (Å²) in [4.78, 5) is 15.0. The Kier molecular flexibility index (Phi) is 6.41. The number of rotatable bonds is 7. The van der Waals surface area contributed by atoms with E-state index in [0.29, 0.717) is 6.04 Å². The van der Waals surface area contributed by atoms with Gasteiger partial charge in [0.1, 0.15) is 10.7 Å². The summed E-state index contributed by atoms with van der Waals surface area (Å²) in [6.07, 6.45) is 12.2. The number of nitrogens with zero attached hydrogens (tertiary/aromatic N) is 3. The monoisotopic (exact) mass is 387 g/mol. The first-order valence-corrected chi connectivity index (χ1v) is 11.6. The average molecular weight is 388 g/mol. The fourth-order valence-electron chi connectivity index (χ4n) is 4.89. The van der Waals surface area contributed by atoms with Crippen molar-refractivity contribution in [3.05, 3.63) is 22.5 Å². The summed E-state index contributed by atoms with van der Waals surface area (Å²) in [7, 11) is 1.80. The maximum atomic E-state index is 5.39. The lowest BCUT2D eigenvalue weighted by atomic mass is 9.88. The van der Waals surface area contributed by atoms with Gasteiger partial charge in [0.25, 0.3) is 0 Å². The normalized spacial score (nSPS) is 19.5. The molecule has 0 saturated heterocycles. The third-order valence-corrected chi connectivity index (χ3v) is 7.58. The number of hydrogen-bond acceptors (Lipinski definition) is 5. The summed E-state index contributed by atoms with van der Waals surface area (Å²) in [5, 5.41) is 1.30. The van der Waals surface area contributed by atoms with Crippen LogP contribution in [0.25, 0.3) is 10.2 Å². The van der Waals surface area contributed by atoms with Gasteiger partial charge in [0.05, 0.1) is 12.3 Å². The van der Waals surface area contributed by atoms with Crippen molar-refractivity contribution < 1.29 is 4.74 Å². The van der Waals surface area contributed by atoms with Crippen molar-refractivity contribution in [3.8, 4) is 0 Å². The molecule has 0 radical (unpaired) electrons. The molecule has 2 aliphatic rings. The van der Waals surface area contributed by atoms with Gasteiger partial charge in [-0.15, -0.1) is 11.3 Å². The van der Waals surface area contributed by atoms with Crippen LogP contribution in [0.3, 0.4) is 0 Å². The highest BCUT2D eigenvalue weighted by molar-refractivity contribution is 7.18. The minimum Gasteiger partial charge on any atom is -0.383 e. The molecule has 0 amide bonds. The van der Waals surface area contributed by atoms with Crippen LogP contribution in [0.5, 0.6) is 0 Å². The van der Waals surface area contributed by atoms with Crippen LogP contribution in [0.15, 0.2) is 6.07 Å². The zero-order chi connectivity index (χ0) is 18.6. The molecule has 0 spiro atoms. The molecule has 0 aliphatic heterocycles. The molecular formula is C22H33N3OS. The molecule has 5 heteroatoms. The standard InChI is InChI=1S/C22H33N3OS/c1-16-23-20(15-25(12-13-26-2)18-10-6-7-11-18)19-14-21(27-22(19)24-16)17-8-4-3-5-9-17/h14,17-18H,3-13,15H2,1-2H3. The smallest absolute Gasteiger partial charge is 0.127 e. The van der Waals surface area contributed by atoms with E-state index in [0.717, 1.165) is 31.4 Å². The maximum absolute atomic E-state index is 5.39. The third kappa shape index (κ3) is 4.52. The number of fused-ring (bicyclic) bond motifs is 1. The second kappa shape index (κ2) is 8.97. The Labute approximate surface area is 167 Å². The van der Waals surface area contributed by atoms with Crippen LogP contribution >= 0.6 is 11.3 Å². The Hall–Kier alpha value is -1.04. The Morgan fingerprint density at radius 2 is 1.81 bits per heavy atom. The quantitative estimate of drug-likeness (QED) is 0.634. The molecule has 0 unspecified atom stereocenters. The van der Waals surface area contributed by atoms with Crippen molar-refractivity contribution in [2.45, 2.75) is 83.2 Å². The highest BCUT2D eigenvalue weighted by atomic mass is 32.1. The SMILES string of the molecule is COCCN(Cc1nc(C)nc2sc(C3CCCCC3)cc12)C1CCCC1. The minimum absolute atomic E-state index is 0.682. The second-order valence-electron chi connectivity index (χ2n) is 8.32. The zero-order valence-corrected chi connectivity index (χ0v) is 17.7. The molecule has 4 nitrogen and oxygen atoms in total. The lowest BCUT2D eigenvalue weighted by Gasteiger charge is -2.28. The topological polar surface area (TPSA) is 38.2 Å². The van der Waals surface area contributed by atoms with Crippen LogP contribution in [0.4, 0.5) is 0 Å². The summed E-state index contributed by atoms with van der Waals surface area (Å²) in [5.41, 5.74) is 1.22. The van der Waals surface area contributed by atoms with Crippen molar-refractivity contribution in [1.29, 1.82) is 0 Å². The van der Waals surface area contributed by atoms with Gasteiger partial charge in [-0.25, -0.2) is 9.97 Å². The molecule has 2 aliphatic carbocycles. The molecule has 2 fully saturated rings. The van der Waals surface area contributed by atoms with Crippen molar-refractivity contribution in [2.24, 2.45) is 0 Å². The Morgan fingerprint density at radius 1 is 1.07 bits per heavy atom. The summed E-state index contributed by atoms with van der Waals surface area (Å²) in [6, 6.07) is 3.11. The van der Waals surface area contributed by atoms with E-state index in [9.17, 15) is 0 Å². The summed E-state index contributed by atoms with van der Waals surface area (Å²) >= 11 is 1.92.